The van der Waals surface area contributed by atoms with Gasteiger partial charge < -0.3 is 9.73 Å². The van der Waals surface area contributed by atoms with Crippen LogP contribution in [0.2, 0.25) is 0 Å². The maximum Gasteiger partial charge on any atom is 0.269 e. The van der Waals surface area contributed by atoms with Crippen LogP contribution in [-0.4, -0.2) is 29.5 Å². The van der Waals surface area contributed by atoms with Crippen molar-refractivity contribution in [2.45, 2.75) is 25.4 Å². The second-order valence-corrected chi connectivity index (χ2v) is 5.83. The van der Waals surface area contributed by atoms with Crippen LogP contribution >= 0.6 is 0 Å². The van der Waals surface area contributed by atoms with Crippen LogP contribution in [0.25, 0.3) is 0 Å². The zero-order chi connectivity index (χ0) is 16.1. The van der Waals surface area contributed by atoms with Crippen molar-refractivity contribution < 1.29 is 9.34 Å². The highest BCUT2D eigenvalue weighted by molar-refractivity contribution is 5.32. The third-order valence-electron chi connectivity index (χ3n) is 4.27. The van der Waals surface area contributed by atoms with Gasteiger partial charge in [-0.3, -0.25) is 15.0 Å². The summed E-state index contributed by atoms with van der Waals surface area (Å²) in [6, 6.07) is 10.9. The quantitative estimate of drug-likeness (QED) is 0.628. The molecule has 2 aromatic rings. The summed E-state index contributed by atoms with van der Waals surface area (Å²) in [5.74, 6) is 0.989. The molecule has 122 valence electrons. The predicted molar refractivity (Wildman–Crippen MR) is 87.1 cm³/mol. The molecule has 0 amide bonds. The fraction of sp³-hybridized carbons (Fsp3) is 0.412. The average molecular weight is 315 g/mol. The van der Waals surface area contributed by atoms with Gasteiger partial charge in [0.15, 0.2) is 0 Å². The van der Waals surface area contributed by atoms with Crippen molar-refractivity contribution >= 4 is 5.69 Å². The van der Waals surface area contributed by atoms with Gasteiger partial charge in [0, 0.05) is 25.2 Å². The van der Waals surface area contributed by atoms with Crippen molar-refractivity contribution in [3.63, 3.8) is 0 Å². The van der Waals surface area contributed by atoms with E-state index in [0.29, 0.717) is 6.54 Å². The van der Waals surface area contributed by atoms with Crippen molar-refractivity contribution in [2.75, 3.05) is 19.6 Å². The molecule has 1 saturated heterocycles. The summed E-state index contributed by atoms with van der Waals surface area (Å²) >= 11 is 0. The third kappa shape index (κ3) is 3.97. The normalized spacial score (nSPS) is 16.5. The molecule has 23 heavy (non-hydrogen) atoms. The molecule has 1 N–H and O–H groups in total. The first-order valence-corrected chi connectivity index (χ1v) is 7.95. The summed E-state index contributed by atoms with van der Waals surface area (Å²) in [6.45, 7) is 3.68. The number of nitrogens with zero attached hydrogens (tertiary/aromatic N) is 2. The van der Waals surface area contributed by atoms with Gasteiger partial charge in [-0.25, -0.2) is 0 Å². The lowest BCUT2D eigenvalue weighted by atomic mass is 10.1. The Kier molecular flexibility index (Phi) is 5.05. The number of nitro benzene ring substituents is 1. The molecule has 1 aromatic heterocycles. The van der Waals surface area contributed by atoms with Gasteiger partial charge in [0.1, 0.15) is 5.76 Å². The van der Waals surface area contributed by atoms with E-state index in [9.17, 15) is 10.1 Å². The maximum absolute atomic E-state index is 10.7. The molecule has 6 nitrogen and oxygen atoms in total. The third-order valence-corrected chi connectivity index (χ3v) is 4.27. The largest absolute Gasteiger partial charge is 0.468 e. The second kappa shape index (κ2) is 7.39. The van der Waals surface area contributed by atoms with Crippen LogP contribution in [0.5, 0.6) is 0 Å². The highest BCUT2D eigenvalue weighted by Crippen LogP contribution is 2.25. The highest BCUT2D eigenvalue weighted by atomic mass is 16.6. The molecule has 1 atom stereocenters. The molecular formula is C17H21N3O3. The van der Waals surface area contributed by atoms with Crippen LogP contribution in [0.1, 0.15) is 30.2 Å². The van der Waals surface area contributed by atoms with E-state index in [1.807, 2.05) is 12.1 Å². The predicted octanol–water partition coefficient (Wildman–Crippen LogP) is 3.11. The Morgan fingerprint density at radius 2 is 1.96 bits per heavy atom. The molecule has 6 heteroatoms. The van der Waals surface area contributed by atoms with Gasteiger partial charge in [0.25, 0.3) is 5.69 Å². The maximum atomic E-state index is 10.7. The molecule has 3 rings (SSSR count). The SMILES string of the molecule is O=[N+]([O-])c1ccc(CNCC(c2ccco2)N2CCCC2)cc1. The number of nitrogens with one attached hydrogen (secondary N) is 1. The first kappa shape index (κ1) is 15.7. The van der Waals surface area contributed by atoms with Crippen molar-refractivity contribution in [3.8, 4) is 0 Å². The Hall–Kier alpha value is -2.18. The summed E-state index contributed by atoms with van der Waals surface area (Å²) in [5.41, 5.74) is 1.16. The van der Waals surface area contributed by atoms with E-state index in [4.69, 9.17) is 4.42 Å². The van der Waals surface area contributed by atoms with Gasteiger partial charge in [-0.2, -0.15) is 0 Å². The smallest absolute Gasteiger partial charge is 0.269 e. The molecule has 0 bridgehead atoms. The van der Waals surface area contributed by atoms with Crippen molar-refractivity contribution in [3.05, 3.63) is 64.1 Å². The molecule has 1 aliphatic rings. The average Bonchev–Trinajstić information content (AvgIpc) is 3.26. The first-order valence-electron chi connectivity index (χ1n) is 7.95. The standard InChI is InChI=1S/C17H21N3O3/c21-20(22)15-7-5-14(6-8-15)12-18-13-16(17-4-3-11-23-17)19-9-1-2-10-19/h3-8,11,16,18H,1-2,9-10,12-13H2. The van der Waals surface area contributed by atoms with Gasteiger partial charge >= 0.3 is 0 Å². The summed E-state index contributed by atoms with van der Waals surface area (Å²) in [5, 5.41) is 14.1. The Morgan fingerprint density at radius 3 is 2.57 bits per heavy atom. The number of furan rings is 1. The second-order valence-electron chi connectivity index (χ2n) is 5.83. The van der Waals surface area contributed by atoms with Gasteiger partial charge in [0.05, 0.1) is 17.2 Å². The Labute approximate surface area is 135 Å². The molecule has 1 aliphatic heterocycles. The number of hydrogen-bond acceptors (Lipinski definition) is 5. The lowest BCUT2D eigenvalue weighted by Gasteiger charge is -2.26. The summed E-state index contributed by atoms with van der Waals surface area (Å²) in [4.78, 5) is 12.7. The van der Waals surface area contributed by atoms with Crippen LogP contribution in [0.15, 0.2) is 47.1 Å². The highest BCUT2D eigenvalue weighted by Gasteiger charge is 2.25. The summed E-state index contributed by atoms with van der Waals surface area (Å²) < 4.78 is 5.60. The molecule has 0 aliphatic carbocycles. The van der Waals surface area contributed by atoms with E-state index in [0.717, 1.165) is 31.0 Å². The Morgan fingerprint density at radius 1 is 1.22 bits per heavy atom. The number of rotatable bonds is 7. The van der Waals surface area contributed by atoms with Crippen LogP contribution in [0.4, 0.5) is 5.69 Å². The van der Waals surface area contributed by atoms with E-state index in [-0.39, 0.29) is 16.7 Å². The fourth-order valence-electron chi connectivity index (χ4n) is 3.03. The van der Waals surface area contributed by atoms with Crippen molar-refractivity contribution in [2.24, 2.45) is 0 Å². The van der Waals surface area contributed by atoms with E-state index >= 15 is 0 Å². The van der Waals surface area contributed by atoms with E-state index in [1.54, 1.807) is 30.5 Å². The number of nitro groups is 1. The van der Waals surface area contributed by atoms with E-state index < -0.39 is 0 Å². The number of hydrogen-bond donors (Lipinski definition) is 1. The topological polar surface area (TPSA) is 71.5 Å². The number of likely N-dealkylation sites (tertiary alicyclic amines) is 1. The summed E-state index contributed by atoms with van der Waals surface area (Å²) in [6.07, 6.45) is 4.19. The molecule has 1 fully saturated rings. The van der Waals surface area contributed by atoms with Crippen molar-refractivity contribution in [1.82, 2.24) is 10.2 Å². The molecule has 1 unspecified atom stereocenters. The van der Waals surface area contributed by atoms with Crippen LogP contribution in [-0.2, 0) is 6.54 Å². The zero-order valence-corrected chi connectivity index (χ0v) is 13.0. The van der Waals surface area contributed by atoms with E-state index in [1.165, 1.54) is 12.8 Å². The molecule has 0 radical (unpaired) electrons. The van der Waals surface area contributed by atoms with Gasteiger partial charge in [-0.05, 0) is 43.6 Å². The van der Waals surface area contributed by atoms with Gasteiger partial charge in [-0.1, -0.05) is 12.1 Å². The van der Waals surface area contributed by atoms with Crippen molar-refractivity contribution in [1.29, 1.82) is 0 Å². The molecular weight excluding hydrogens is 294 g/mol. The summed E-state index contributed by atoms with van der Waals surface area (Å²) in [7, 11) is 0. The monoisotopic (exact) mass is 315 g/mol. The molecule has 2 heterocycles. The molecule has 0 saturated carbocycles. The van der Waals surface area contributed by atoms with Crippen LogP contribution in [0, 0.1) is 10.1 Å². The minimum atomic E-state index is -0.377. The van der Waals surface area contributed by atoms with Gasteiger partial charge in [0.2, 0.25) is 0 Å². The van der Waals surface area contributed by atoms with Crippen LogP contribution in [0.3, 0.4) is 0 Å². The zero-order valence-electron chi connectivity index (χ0n) is 13.0. The van der Waals surface area contributed by atoms with Crippen LogP contribution < -0.4 is 5.32 Å². The fourth-order valence-corrected chi connectivity index (χ4v) is 3.03. The molecule has 1 aromatic carbocycles. The molecule has 0 spiro atoms. The minimum Gasteiger partial charge on any atom is -0.468 e. The first-order chi connectivity index (χ1) is 11.2. The number of non-ortho nitro benzene ring substituents is 1. The van der Waals surface area contributed by atoms with E-state index in [2.05, 4.69) is 10.2 Å². The Bertz CT molecular complexity index is 619. The lowest BCUT2D eigenvalue weighted by molar-refractivity contribution is -0.384. The Balaban J connectivity index is 1.57. The van der Waals surface area contributed by atoms with Gasteiger partial charge in [-0.15, -0.1) is 0 Å². The number of benzene rings is 1. The lowest BCUT2D eigenvalue weighted by Crippen LogP contribution is -2.33. The minimum absolute atomic E-state index is 0.124.